The van der Waals surface area contributed by atoms with Crippen molar-refractivity contribution in [2.75, 3.05) is 6.54 Å². The third-order valence-corrected chi connectivity index (χ3v) is 4.59. The summed E-state index contributed by atoms with van der Waals surface area (Å²) in [6.07, 6.45) is 5.93. The number of hydrogen-bond donors (Lipinski definition) is 2. The molecule has 2 fully saturated rings. The number of H-pyrrole nitrogens is 1. The zero-order chi connectivity index (χ0) is 16.7. The van der Waals surface area contributed by atoms with Crippen LogP contribution in [0, 0.1) is 6.92 Å². The van der Waals surface area contributed by atoms with Crippen LogP contribution in [0.5, 0.6) is 0 Å². The summed E-state index contributed by atoms with van der Waals surface area (Å²) >= 11 is 0. The smallest absolute Gasteiger partial charge is 0.272 e. The first-order chi connectivity index (χ1) is 11.6. The summed E-state index contributed by atoms with van der Waals surface area (Å²) < 4.78 is 7.66. The van der Waals surface area contributed by atoms with Crippen molar-refractivity contribution in [2.24, 2.45) is 7.05 Å². The molecule has 0 unspecified atom stereocenters. The molecule has 0 radical (unpaired) electrons. The molecule has 0 bridgehead atoms. The molecule has 3 heterocycles. The van der Waals surface area contributed by atoms with Gasteiger partial charge in [-0.05, 0) is 32.6 Å². The van der Waals surface area contributed by atoms with E-state index in [4.69, 9.17) is 4.74 Å². The van der Waals surface area contributed by atoms with Gasteiger partial charge in [-0.3, -0.25) is 14.6 Å². The number of carbonyl (C=O) groups is 1. The average molecular weight is 330 g/mol. The number of hydrogen-bond acceptors (Lipinski definition) is 5. The Hall–Kier alpha value is -2.22. The molecule has 8 heteroatoms. The first kappa shape index (κ1) is 15.3. The van der Waals surface area contributed by atoms with Crippen molar-refractivity contribution >= 4 is 5.91 Å². The molecule has 1 amide bonds. The van der Waals surface area contributed by atoms with Crippen LogP contribution in [0.25, 0.3) is 0 Å². The van der Waals surface area contributed by atoms with Crippen molar-refractivity contribution in [3.63, 3.8) is 0 Å². The number of amides is 1. The van der Waals surface area contributed by atoms with Gasteiger partial charge in [-0.1, -0.05) is 0 Å². The number of nitrogens with zero attached hydrogens (tertiary/aromatic N) is 4. The fourth-order valence-electron chi connectivity index (χ4n) is 3.13. The molecule has 2 aromatic rings. The largest absolute Gasteiger partial charge is 0.365 e. The number of aryl methyl sites for hydroxylation is 2. The Morgan fingerprint density at radius 2 is 2.25 bits per heavy atom. The minimum Gasteiger partial charge on any atom is -0.365 e. The summed E-state index contributed by atoms with van der Waals surface area (Å²) in [5.41, 5.74) is 1.34. The van der Waals surface area contributed by atoms with E-state index < -0.39 is 0 Å². The van der Waals surface area contributed by atoms with Crippen molar-refractivity contribution in [3.8, 4) is 0 Å². The topological polar surface area (TPSA) is 97.7 Å². The highest BCUT2D eigenvalue weighted by Crippen LogP contribution is 2.39. The molecule has 0 spiro atoms. The molecule has 1 aliphatic heterocycles. The van der Waals surface area contributed by atoms with Gasteiger partial charge in [0.1, 0.15) is 6.10 Å². The fourth-order valence-corrected chi connectivity index (χ4v) is 3.13. The molecule has 128 valence electrons. The molecule has 2 aromatic heterocycles. The Labute approximate surface area is 140 Å². The third kappa shape index (κ3) is 3.06. The van der Waals surface area contributed by atoms with Gasteiger partial charge in [-0.15, -0.1) is 0 Å². The van der Waals surface area contributed by atoms with Crippen LogP contribution in [0.4, 0.5) is 0 Å². The molecule has 24 heavy (non-hydrogen) atoms. The molecule has 8 nitrogen and oxygen atoms in total. The Bertz CT molecular complexity index is 748. The minimum absolute atomic E-state index is 0.00237. The number of aromatic amines is 1. The van der Waals surface area contributed by atoms with Crippen LogP contribution in [0.3, 0.4) is 0 Å². The van der Waals surface area contributed by atoms with Crippen molar-refractivity contribution < 1.29 is 9.53 Å². The number of aromatic nitrogens is 5. The molecular formula is C16H22N6O2. The maximum absolute atomic E-state index is 12.2. The van der Waals surface area contributed by atoms with Crippen LogP contribution >= 0.6 is 0 Å². The van der Waals surface area contributed by atoms with E-state index in [9.17, 15) is 4.79 Å². The van der Waals surface area contributed by atoms with Crippen LogP contribution in [-0.2, 0) is 11.8 Å². The van der Waals surface area contributed by atoms with Gasteiger partial charge >= 0.3 is 0 Å². The maximum Gasteiger partial charge on any atom is 0.272 e. The van der Waals surface area contributed by atoms with E-state index in [1.807, 2.05) is 20.2 Å². The highest BCUT2D eigenvalue weighted by Gasteiger charge is 2.32. The first-order valence-corrected chi connectivity index (χ1v) is 8.46. The summed E-state index contributed by atoms with van der Waals surface area (Å²) in [7, 11) is 1.81. The van der Waals surface area contributed by atoms with Crippen LogP contribution < -0.4 is 5.32 Å². The summed E-state index contributed by atoms with van der Waals surface area (Å²) in [6.45, 7) is 2.36. The summed E-state index contributed by atoms with van der Waals surface area (Å²) in [4.78, 5) is 16.8. The summed E-state index contributed by atoms with van der Waals surface area (Å²) in [5.74, 6) is 2.10. The van der Waals surface area contributed by atoms with Gasteiger partial charge in [0.05, 0.1) is 6.10 Å². The normalized spacial score (nSPS) is 23.6. The molecule has 1 aliphatic carbocycles. The second-order valence-electron chi connectivity index (χ2n) is 6.72. The van der Waals surface area contributed by atoms with E-state index >= 15 is 0 Å². The minimum atomic E-state index is -0.157. The standard InChI is InChI=1S/C16H22N6O2/c1-9-8-22(2)21-13(9)16(23)17-7-11-5-6-12(24-11)15-18-14(19-20-15)10-3-4-10/h8,10-12H,3-7H2,1-2H3,(H,17,23)(H,18,19,20)/t11-,12+/m1/s1. The van der Waals surface area contributed by atoms with Crippen LogP contribution in [0.1, 0.15) is 65.4 Å². The predicted molar refractivity (Wildman–Crippen MR) is 85.5 cm³/mol. The van der Waals surface area contributed by atoms with Gasteiger partial charge in [0, 0.05) is 31.3 Å². The van der Waals surface area contributed by atoms with Gasteiger partial charge < -0.3 is 10.1 Å². The summed E-state index contributed by atoms with van der Waals surface area (Å²) in [5, 5.41) is 14.4. The molecule has 2 N–H and O–H groups in total. The molecule has 1 saturated carbocycles. The molecule has 2 atom stereocenters. The monoisotopic (exact) mass is 330 g/mol. The lowest BCUT2D eigenvalue weighted by Crippen LogP contribution is -2.32. The van der Waals surface area contributed by atoms with E-state index in [2.05, 4.69) is 25.6 Å². The van der Waals surface area contributed by atoms with E-state index in [0.717, 1.165) is 30.1 Å². The zero-order valence-corrected chi connectivity index (χ0v) is 14.0. The molecule has 2 aliphatic rings. The Kier molecular flexibility index (Phi) is 3.84. The Balaban J connectivity index is 1.30. The number of carbonyl (C=O) groups excluding carboxylic acids is 1. The number of nitrogens with one attached hydrogen (secondary N) is 2. The average Bonchev–Trinajstić information content (AvgIpc) is 2.98. The van der Waals surface area contributed by atoms with Crippen molar-refractivity contribution in [1.82, 2.24) is 30.3 Å². The number of rotatable bonds is 5. The molecule has 1 saturated heterocycles. The van der Waals surface area contributed by atoms with Gasteiger partial charge in [-0.2, -0.15) is 10.2 Å². The van der Waals surface area contributed by atoms with Crippen LogP contribution in [0.2, 0.25) is 0 Å². The van der Waals surface area contributed by atoms with Gasteiger partial charge in [0.25, 0.3) is 5.91 Å². The lowest BCUT2D eigenvalue weighted by Gasteiger charge is -2.12. The lowest BCUT2D eigenvalue weighted by atomic mass is 10.2. The van der Waals surface area contributed by atoms with E-state index in [-0.39, 0.29) is 18.1 Å². The van der Waals surface area contributed by atoms with Crippen molar-refractivity contribution in [1.29, 1.82) is 0 Å². The first-order valence-electron chi connectivity index (χ1n) is 8.46. The maximum atomic E-state index is 12.2. The SMILES string of the molecule is Cc1cn(C)nc1C(=O)NC[C@H]1CC[C@@H](c2nc(C3CC3)n[nH]2)O1. The zero-order valence-electron chi connectivity index (χ0n) is 14.0. The van der Waals surface area contributed by atoms with Gasteiger partial charge in [0.2, 0.25) is 0 Å². The van der Waals surface area contributed by atoms with Crippen molar-refractivity contribution in [3.05, 3.63) is 29.1 Å². The lowest BCUT2D eigenvalue weighted by molar-refractivity contribution is 0.0391. The van der Waals surface area contributed by atoms with E-state index in [0.29, 0.717) is 18.2 Å². The number of ether oxygens (including phenoxy) is 1. The van der Waals surface area contributed by atoms with Gasteiger partial charge in [-0.25, -0.2) is 4.98 Å². The second-order valence-corrected chi connectivity index (χ2v) is 6.72. The van der Waals surface area contributed by atoms with E-state index in [1.54, 1.807) is 4.68 Å². The molecular weight excluding hydrogens is 308 g/mol. The van der Waals surface area contributed by atoms with Gasteiger partial charge in [0.15, 0.2) is 17.3 Å². The summed E-state index contributed by atoms with van der Waals surface area (Å²) in [6, 6.07) is 0. The quantitative estimate of drug-likeness (QED) is 0.863. The Morgan fingerprint density at radius 1 is 1.42 bits per heavy atom. The second kappa shape index (κ2) is 6.01. The van der Waals surface area contributed by atoms with Crippen molar-refractivity contribution in [2.45, 2.75) is 50.7 Å². The Morgan fingerprint density at radius 3 is 2.96 bits per heavy atom. The molecule has 4 rings (SSSR count). The fraction of sp³-hybridized carbons (Fsp3) is 0.625. The molecule has 0 aromatic carbocycles. The predicted octanol–water partition coefficient (Wildman–Crippen LogP) is 1.37. The highest BCUT2D eigenvalue weighted by atomic mass is 16.5. The van der Waals surface area contributed by atoms with E-state index in [1.165, 1.54) is 12.8 Å². The highest BCUT2D eigenvalue weighted by molar-refractivity contribution is 5.93. The van der Waals surface area contributed by atoms with Crippen LogP contribution in [0.15, 0.2) is 6.20 Å². The third-order valence-electron chi connectivity index (χ3n) is 4.59. The van der Waals surface area contributed by atoms with Crippen LogP contribution in [-0.4, -0.2) is 43.5 Å².